The molecule has 3 heteroatoms. The third kappa shape index (κ3) is 3.47. The van der Waals surface area contributed by atoms with Crippen LogP contribution >= 0.6 is 0 Å². The van der Waals surface area contributed by atoms with E-state index in [1.807, 2.05) is 6.07 Å². The van der Waals surface area contributed by atoms with Crippen LogP contribution in [0.15, 0.2) is 18.2 Å². The van der Waals surface area contributed by atoms with Crippen molar-refractivity contribution in [3.63, 3.8) is 0 Å². The molecule has 1 aromatic carbocycles. The summed E-state index contributed by atoms with van der Waals surface area (Å²) in [6, 6.07) is 5.73. The van der Waals surface area contributed by atoms with Crippen molar-refractivity contribution in [2.24, 2.45) is 5.41 Å². The van der Waals surface area contributed by atoms with Crippen LogP contribution in [0.5, 0.6) is 5.75 Å². The largest absolute Gasteiger partial charge is 0.494 e. The average Bonchev–Trinajstić information content (AvgIpc) is 3.14. The highest BCUT2D eigenvalue weighted by Gasteiger charge is 2.44. The second kappa shape index (κ2) is 5.91. The fourth-order valence-electron chi connectivity index (χ4n) is 2.50. The van der Waals surface area contributed by atoms with E-state index in [-0.39, 0.29) is 5.82 Å². The lowest BCUT2D eigenvalue weighted by Gasteiger charge is -2.25. The van der Waals surface area contributed by atoms with E-state index in [1.54, 1.807) is 12.1 Å². The summed E-state index contributed by atoms with van der Waals surface area (Å²) in [6.45, 7) is 5.52. The van der Waals surface area contributed by atoms with Crippen LogP contribution in [0.2, 0.25) is 0 Å². The zero-order chi connectivity index (χ0) is 13.9. The second-order valence-corrected chi connectivity index (χ2v) is 5.83. The lowest BCUT2D eigenvalue weighted by molar-refractivity contribution is 0.353. The number of ether oxygens (including phenoxy) is 1. The van der Waals surface area contributed by atoms with E-state index in [0.717, 1.165) is 24.9 Å². The highest BCUT2D eigenvalue weighted by atomic mass is 19.1. The molecule has 1 aliphatic carbocycles. The summed E-state index contributed by atoms with van der Waals surface area (Å²) in [5.74, 6) is 0.0506. The van der Waals surface area contributed by atoms with E-state index < -0.39 is 0 Å². The van der Waals surface area contributed by atoms with E-state index in [4.69, 9.17) is 4.74 Å². The Labute approximate surface area is 115 Å². The molecule has 0 bridgehead atoms. The molecule has 1 saturated carbocycles. The van der Waals surface area contributed by atoms with Crippen molar-refractivity contribution in [3.05, 3.63) is 29.6 Å². The van der Waals surface area contributed by atoms with Crippen LogP contribution in [0.25, 0.3) is 0 Å². The Morgan fingerprint density at radius 2 is 2.16 bits per heavy atom. The topological polar surface area (TPSA) is 21.3 Å². The maximum absolute atomic E-state index is 13.7. The van der Waals surface area contributed by atoms with Gasteiger partial charge in [-0.2, -0.15) is 0 Å². The fraction of sp³-hybridized carbons (Fsp3) is 0.625. The first kappa shape index (κ1) is 14.3. The van der Waals surface area contributed by atoms with Gasteiger partial charge in [0.2, 0.25) is 0 Å². The molecule has 1 aliphatic rings. The highest BCUT2D eigenvalue weighted by Crippen LogP contribution is 2.49. The highest BCUT2D eigenvalue weighted by molar-refractivity contribution is 5.30. The summed E-state index contributed by atoms with van der Waals surface area (Å²) >= 11 is 0. The molecule has 0 saturated heterocycles. The maximum atomic E-state index is 13.7. The molecule has 2 nitrogen and oxygen atoms in total. The van der Waals surface area contributed by atoms with Gasteiger partial charge in [0, 0.05) is 6.04 Å². The van der Waals surface area contributed by atoms with Gasteiger partial charge < -0.3 is 10.1 Å². The minimum absolute atomic E-state index is 0.268. The van der Waals surface area contributed by atoms with Crippen molar-refractivity contribution < 1.29 is 9.13 Å². The summed E-state index contributed by atoms with van der Waals surface area (Å²) in [5, 5.41) is 3.61. The first-order valence-corrected chi connectivity index (χ1v) is 7.15. The molecule has 19 heavy (non-hydrogen) atoms. The Morgan fingerprint density at radius 1 is 1.42 bits per heavy atom. The Bertz CT molecular complexity index is 429. The molecular weight excluding hydrogens is 241 g/mol. The molecule has 0 aliphatic heterocycles. The molecular formula is C16H24FNO. The van der Waals surface area contributed by atoms with Gasteiger partial charge in [-0.05, 0) is 55.3 Å². The van der Waals surface area contributed by atoms with Crippen LogP contribution in [-0.2, 0) is 6.42 Å². The van der Waals surface area contributed by atoms with Crippen molar-refractivity contribution in [1.82, 2.24) is 5.32 Å². The number of hydrogen-bond acceptors (Lipinski definition) is 2. The van der Waals surface area contributed by atoms with Crippen LogP contribution in [0.3, 0.4) is 0 Å². The summed E-state index contributed by atoms with van der Waals surface area (Å²) in [5.41, 5.74) is 1.44. The molecule has 0 amide bonds. The molecule has 1 fully saturated rings. The third-order valence-electron chi connectivity index (χ3n) is 4.18. The van der Waals surface area contributed by atoms with Gasteiger partial charge in [0.05, 0.1) is 7.11 Å². The van der Waals surface area contributed by atoms with Gasteiger partial charge in [0.1, 0.15) is 0 Å². The second-order valence-electron chi connectivity index (χ2n) is 5.83. The maximum Gasteiger partial charge on any atom is 0.165 e. The Hall–Kier alpha value is -1.09. The monoisotopic (exact) mass is 265 g/mol. The predicted molar refractivity (Wildman–Crippen MR) is 76.1 cm³/mol. The van der Waals surface area contributed by atoms with E-state index in [0.29, 0.717) is 17.2 Å². The zero-order valence-electron chi connectivity index (χ0n) is 12.1. The van der Waals surface area contributed by atoms with Crippen LogP contribution in [0.1, 0.15) is 38.7 Å². The van der Waals surface area contributed by atoms with Gasteiger partial charge in [0.15, 0.2) is 11.6 Å². The summed E-state index contributed by atoms with van der Waals surface area (Å²) in [4.78, 5) is 0. The van der Waals surface area contributed by atoms with Gasteiger partial charge in [-0.3, -0.25) is 0 Å². The number of halogens is 1. The van der Waals surface area contributed by atoms with E-state index >= 15 is 0 Å². The normalized spacial score (nSPS) is 18.1. The Kier molecular flexibility index (Phi) is 4.46. The molecule has 0 aromatic heterocycles. The smallest absolute Gasteiger partial charge is 0.165 e. The number of rotatable bonds is 7. The van der Waals surface area contributed by atoms with Crippen molar-refractivity contribution >= 4 is 0 Å². The predicted octanol–water partition coefficient (Wildman–Crippen LogP) is 3.55. The lowest BCUT2D eigenvalue weighted by Crippen LogP contribution is -2.38. The number of benzene rings is 1. The van der Waals surface area contributed by atoms with Crippen molar-refractivity contribution in [3.8, 4) is 5.75 Å². The van der Waals surface area contributed by atoms with Crippen LogP contribution in [0, 0.1) is 11.2 Å². The van der Waals surface area contributed by atoms with Crippen molar-refractivity contribution in [2.45, 2.75) is 45.6 Å². The summed E-state index contributed by atoms with van der Waals surface area (Å²) in [6.07, 6.45) is 4.56. The third-order valence-corrected chi connectivity index (χ3v) is 4.18. The first-order valence-electron chi connectivity index (χ1n) is 7.15. The van der Waals surface area contributed by atoms with Crippen molar-refractivity contribution in [1.29, 1.82) is 0 Å². The lowest BCUT2D eigenvalue weighted by atomic mass is 9.92. The van der Waals surface area contributed by atoms with Crippen molar-refractivity contribution in [2.75, 3.05) is 13.7 Å². The first-order chi connectivity index (χ1) is 9.09. The molecule has 1 unspecified atom stereocenters. The van der Waals surface area contributed by atoms with E-state index in [1.165, 1.54) is 20.0 Å². The molecule has 0 radical (unpaired) electrons. The molecule has 2 rings (SSSR count). The van der Waals surface area contributed by atoms with Gasteiger partial charge in [-0.1, -0.05) is 19.9 Å². The minimum atomic E-state index is -0.268. The molecule has 0 heterocycles. The molecule has 1 atom stereocenters. The van der Waals surface area contributed by atoms with Gasteiger partial charge in [-0.25, -0.2) is 4.39 Å². The van der Waals surface area contributed by atoms with Crippen LogP contribution in [0.4, 0.5) is 4.39 Å². The minimum Gasteiger partial charge on any atom is -0.494 e. The van der Waals surface area contributed by atoms with E-state index in [2.05, 4.69) is 19.2 Å². The van der Waals surface area contributed by atoms with Gasteiger partial charge >= 0.3 is 0 Å². The quantitative estimate of drug-likeness (QED) is 0.814. The summed E-state index contributed by atoms with van der Waals surface area (Å²) in [7, 11) is 1.49. The molecule has 1 N–H and O–H groups in total. The number of hydrogen-bond donors (Lipinski definition) is 1. The average molecular weight is 265 g/mol. The number of nitrogens with one attached hydrogen (secondary N) is 1. The molecule has 1 aromatic rings. The van der Waals surface area contributed by atoms with Crippen LogP contribution < -0.4 is 10.1 Å². The molecule has 0 spiro atoms. The SMILES string of the molecule is CCCNC(Cc1ccc(OC)c(F)c1)C1(C)CC1. The van der Waals surface area contributed by atoms with Crippen LogP contribution in [-0.4, -0.2) is 19.7 Å². The van der Waals surface area contributed by atoms with Gasteiger partial charge in [-0.15, -0.1) is 0 Å². The fourth-order valence-corrected chi connectivity index (χ4v) is 2.50. The summed E-state index contributed by atoms with van der Waals surface area (Å²) < 4.78 is 18.7. The number of methoxy groups -OCH3 is 1. The zero-order valence-corrected chi connectivity index (χ0v) is 12.1. The van der Waals surface area contributed by atoms with E-state index in [9.17, 15) is 4.39 Å². The Morgan fingerprint density at radius 3 is 2.68 bits per heavy atom. The standard InChI is InChI=1S/C16H24FNO/c1-4-9-18-15(16(2)7-8-16)11-12-5-6-14(19-3)13(17)10-12/h5-6,10,15,18H,4,7-9,11H2,1-3H3. The Balaban J connectivity index is 2.06. The van der Waals surface area contributed by atoms with Gasteiger partial charge in [0.25, 0.3) is 0 Å². The molecule has 106 valence electrons.